The molecule has 0 saturated heterocycles. The van der Waals surface area contributed by atoms with Crippen LogP contribution in [-0.4, -0.2) is 15.0 Å². The lowest BCUT2D eigenvalue weighted by molar-refractivity contribution is 0.286. The van der Waals surface area contributed by atoms with Gasteiger partial charge in [-0.25, -0.2) is 13.1 Å². The van der Waals surface area contributed by atoms with Crippen molar-refractivity contribution >= 4 is 37.3 Å². The number of hydrogen-bond donors (Lipinski definition) is 1. The highest BCUT2D eigenvalue weighted by Gasteiger charge is 2.33. The molecule has 0 radical (unpaired) electrons. The SMILES string of the molecule is CCC1(CNS(=O)(=O)c2cc(C)c(Br)s2)CCCC1. The quantitative estimate of drug-likeness (QED) is 0.854. The predicted molar refractivity (Wildman–Crippen MR) is 83.1 cm³/mol. The Kier molecular flexibility index (Phi) is 4.75. The molecule has 1 aromatic heterocycles. The van der Waals surface area contributed by atoms with E-state index in [0.29, 0.717) is 10.8 Å². The Labute approximate surface area is 128 Å². The molecule has 0 amide bonds. The fourth-order valence-electron chi connectivity index (χ4n) is 2.66. The summed E-state index contributed by atoms with van der Waals surface area (Å²) < 4.78 is 28.7. The van der Waals surface area contributed by atoms with Crippen molar-refractivity contribution in [1.29, 1.82) is 0 Å². The molecule has 1 fully saturated rings. The Morgan fingerprint density at radius 2 is 2.05 bits per heavy atom. The number of nitrogens with one attached hydrogen (secondary N) is 1. The van der Waals surface area contributed by atoms with E-state index < -0.39 is 10.0 Å². The molecule has 2 rings (SSSR count). The molecular formula is C13H20BrNO2S2. The van der Waals surface area contributed by atoms with Gasteiger partial charge < -0.3 is 0 Å². The van der Waals surface area contributed by atoms with Gasteiger partial charge in [0, 0.05) is 6.54 Å². The van der Waals surface area contributed by atoms with Crippen LogP contribution in [0.1, 0.15) is 44.6 Å². The Hall–Kier alpha value is 0.0900. The smallest absolute Gasteiger partial charge is 0.210 e. The zero-order valence-corrected chi connectivity index (χ0v) is 14.5. The predicted octanol–water partition coefficient (Wildman–Crippen LogP) is 4.07. The van der Waals surface area contributed by atoms with Gasteiger partial charge in [0.25, 0.3) is 0 Å². The summed E-state index contributed by atoms with van der Waals surface area (Å²) in [5.74, 6) is 0. The van der Waals surface area contributed by atoms with Crippen LogP contribution >= 0.6 is 27.3 Å². The normalized spacial score (nSPS) is 18.9. The van der Waals surface area contributed by atoms with E-state index in [1.54, 1.807) is 6.07 Å². The molecule has 1 aliphatic carbocycles. The molecule has 108 valence electrons. The molecular weight excluding hydrogens is 346 g/mol. The molecule has 6 heteroatoms. The number of aryl methyl sites for hydroxylation is 1. The van der Waals surface area contributed by atoms with Gasteiger partial charge in [0.15, 0.2) is 0 Å². The van der Waals surface area contributed by atoms with Crippen molar-refractivity contribution in [2.45, 2.75) is 50.2 Å². The van der Waals surface area contributed by atoms with E-state index in [2.05, 4.69) is 27.6 Å². The van der Waals surface area contributed by atoms with Crippen molar-refractivity contribution in [3.05, 3.63) is 15.4 Å². The third kappa shape index (κ3) is 3.40. The van der Waals surface area contributed by atoms with E-state index in [-0.39, 0.29) is 5.41 Å². The number of rotatable bonds is 5. The highest BCUT2D eigenvalue weighted by atomic mass is 79.9. The lowest BCUT2D eigenvalue weighted by Gasteiger charge is -2.27. The highest BCUT2D eigenvalue weighted by molar-refractivity contribution is 9.11. The summed E-state index contributed by atoms with van der Waals surface area (Å²) in [6, 6.07) is 1.73. The molecule has 3 nitrogen and oxygen atoms in total. The molecule has 1 aromatic rings. The molecule has 0 aromatic carbocycles. The van der Waals surface area contributed by atoms with Gasteiger partial charge in [-0.1, -0.05) is 19.8 Å². The fourth-order valence-corrected chi connectivity index (χ4v) is 6.09. The van der Waals surface area contributed by atoms with E-state index in [1.807, 2.05) is 6.92 Å². The number of thiophene rings is 1. The van der Waals surface area contributed by atoms with Crippen LogP contribution in [-0.2, 0) is 10.0 Å². The van der Waals surface area contributed by atoms with E-state index >= 15 is 0 Å². The first kappa shape index (κ1) is 15.5. The minimum atomic E-state index is -3.36. The molecule has 1 aliphatic rings. The molecule has 1 N–H and O–H groups in total. The summed E-state index contributed by atoms with van der Waals surface area (Å²) >= 11 is 4.65. The second-order valence-corrected chi connectivity index (χ2v) is 9.77. The second kappa shape index (κ2) is 5.84. The van der Waals surface area contributed by atoms with Gasteiger partial charge in [0.05, 0.1) is 3.79 Å². The highest BCUT2D eigenvalue weighted by Crippen LogP contribution is 2.40. The van der Waals surface area contributed by atoms with E-state index in [0.717, 1.165) is 28.6 Å². The van der Waals surface area contributed by atoms with Crippen molar-refractivity contribution in [2.75, 3.05) is 6.54 Å². The maximum atomic E-state index is 12.3. The average molecular weight is 366 g/mol. The molecule has 1 saturated carbocycles. The number of hydrogen-bond acceptors (Lipinski definition) is 3. The third-order valence-corrected chi connectivity index (χ3v) is 8.16. The minimum Gasteiger partial charge on any atom is -0.210 e. The summed E-state index contributed by atoms with van der Waals surface area (Å²) in [6.45, 7) is 4.63. The number of sulfonamides is 1. The lowest BCUT2D eigenvalue weighted by atomic mass is 9.84. The summed E-state index contributed by atoms with van der Waals surface area (Å²) in [6.07, 6.45) is 5.76. The molecule has 0 aliphatic heterocycles. The van der Waals surface area contributed by atoms with Gasteiger partial charge in [-0.05, 0) is 59.2 Å². The molecule has 0 atom stereocenters. The van der Waals surface area contributed by atoms with Crippen LogP contribution in [0.5, 0.6) is 0 Å². The molecule has 1 heterocycles. The van der Waals surface area contributed by atoms with Gasteiger partial charge in [-0.2, -0.15) is 0 Å². The van der Waals surface area contributed by atoms with Gasteiger partial charge in [0.1, 0.15) is 4.21 Å². The Bertz CT molecular complexity index is 525. The van der Waals surface area contributed by atoms with Crippen molar-refractivity contribution in [3.8, 4) is 0 Å². The third-order valence-electron chi connectivity index (χ3n) is 4.15. The van der Waals surface area contributed by atoms with Gasteiger partial charge in [-0.15, -0.1) is 11.3 Å². The molecule has 0 spiro atoms. The molecule has 19 heavy (non-hydrogen) atoms. The van der Waals surface area contributed by atoms with Crippen LogP contribution in [0.25, 0.3) is 0 Å². The Balaban J connectivity index is 2.09. The maximum Gasteiger partial charge on any atom is 0.250 e. The van der Waals surface area contributed by atoms with Crippen molar-refractivity contribution in [1.82, 2.24) is 4.72 Å². The largest absolute Gasteiger partial charge is 0.250 e. The lowest BCUT2D eigenvalue weighted by Crippen LogP contribution is -2.35. The second-order valence-electron chi connectivity index (χ2n) is 5.41. The van der Waals surface area contributed by atoms with Crippen molar-refractivity contribution < 1.29 is 8.42 Å². The van der Waals surface area contributed by atoms with Crippen LogP contribution in [0.2, 0.25) is 0 Å². The van der Waals surface area contributed by atoms with Crippen LogP contribution in [0, 0.1) is 12.3 Å². The maximum absolute atomic E-state index is 12.3. The van der Waals surface area contributed by atoms with E-state index in [1.165, 1.54) is 24.2 Å². The molecule has 0 unspecified atom stereocenters. The van der Waals surface area contributed by atoms with Crippen LogP contribution in [0.3, 0.4) is 0 Å². The first-order valence-corrected chi connectivity index (χ1v) is 9.73. The zero-order valence-electron chi connectivity index (χ0n) is 11.3. The van der Waals surface area contributed by atoms with Crippen LogP contribution in [0.4, 0.5) is 0 Å². The molecule has 0 bridgehead atoms. The zero-order chi connectivity index (χ0) is 14.1. The van der Waals surface area contributed by atoms with Crippen molar-refractivity contribution in [2.24, 2.45) is 5.41 Å². The van der Waals surface area contributed by atoms with E-state index in [9.17, 15) is 8.42 Å². The van der Waals surface area contributed by atoms with Gasteiger partial charge in [0.2, 0.25) is 10.0 Å². The first-order valence-electron chi connectivity index (χ1n) is 6.64. The summed E-state index contributed by atoms with van der Waals surface area (Å²) in [5.41, 5.74) is 1.15. The Morgan fingerprint density at radius 1 is 1.42 bits per heavy atom. The average Bonchev–Trinajstić information content (AvgIpc) is 2.96. The summed E-state index contributed by atoms with van der Waals surface area (Å²) in [5, 5.41) is 0. The topological polar surface area (TPSA) is 46.2 Å². The van der Waals surface area contributed by atoms with E-state index in [4.69, 9.17) is 0 Å². The minimum absolute atomic E-state index is 0.177. The first-order chi connectivity index (χ1) is 8.88. The van der Waals surface area contributed by atoms with Gasteiger partial charge in [-0.3, -0.25) is 0 Å². The fraction of sp³-hybridized carbons (Fsp3) is 0.692. The van der Waals surface area contributed by atoms with Crippen LogP contribution in [0.15, 0.2) is 14.1 Å². The van der Waals surface area contributed by atoms with Crippen LogP contribution < -0.4 is 4.72 Å². The van der Waals surface area contributed by atoms with Crippen molar-refractivity contribution in [3.63, 3.8) is 0 Å². The monoisotopic (exact) mass is 365 g/mol. The summed E-state index contributed by atoms with van der Waals surface area (Å²) in [7, 11) is -3.36. The summed E-state index contributed by atoms with van der Waals surface area (Å²) in [4.78, 5) is 0. The number of halogens is 1. The Morgan fingerprint density at radius 3 is 2.53 bits per heavy atom. The standard InChI is InChI=1S/C13H20BrNO2S2/c1-3-13(6-4-5-7-13)9-15-19(16,17)11-8-10(2)12(14)18-11/h8,15H,3-7,9H2,1-2H3. The van der Waals surface area contributed by atoms with Gasteiger partial charge >= 0.3 is 0 Å².